The lowest BCUT2D eigenvalue weighted by atomic mass is 9.96. The molecule has 0 spiro atoms. The molecule has 0 bridgehead atoms. The smallest absolute Gasteiger partial charge is 0.379 e. The highest BCUT2D eigenvalue weighted by molar-refractivity contribution is 6.31. The molecule has 2 atom stereocenters. The number of carbonyl (C=O) groups excluding carboxylic acids is 3. The maximum atomic E-state index is 14.2. The maximum Gasteiger partial charge on any atom is 0.416 e. The van der Waals surface area contributed by atoms with Crippen LogP contribution in [0.5, 0.6) is 0 Å². The van der Waals surface area contributed by atoms with Gasteiger partial charge in [0.1, 0.15) is 17.4 Å². The summed E-state index contributed by atoms with van der Waals surface area (Å²) >= 11 is 6.32. The van der Waals surface area contributed by atoms with E-state index >= 15 is 0 Å². The minimum atomic E-state index is -4.93. The topological polar surface area (TPSA) is 102 Å². The summed E-state index contributed by atoms with van der Waals surface area (Å²) in [5.74, 6) is -5.73. The van der Waals surface area contributed by atoms with Gasteiger partial charge in [-0.3, -0.25) is 14.4 Å². The lowest BCUT2D eigenvalue weighted by Gasteiger charge is -2.19. The van der Waals surface area contributed by atoms with Gasteiger partial charge in [0.25, 0.3) is 11.8 Å². The lowest BCUT2D eigenvalue weighted by molar-refractivity contribution is -0.137. The zero-order valence-corrected chi connectivity index (χ0v) is 22.5. The molecule has 1 fully saturated rings. The number of ketones is 1. The van der Waals surface area contributed by atoms with E-state index in [9.17, 15) is 36.3 Å². The molecule has 0 radical (unpaired) electrons. The van der Waals surface area contributed by atoms with Crippen molar-refractivity contribution < 1.29 is 41.1 Å². The van der Waals surface area contributed by atoms with E-state index in [2.05, 4.69) is 15.6 Å². The molecule has 1 aromatic heterocycles. The largest absolute Gasteiger partial charge is 0.416 e. The predicted molar refractivity (Wildman–Crippen MR) is 138 cm³/mol. The second-order valence-electron chi connectivity index (χ2n) is 9.56. The third-order valence-corrected chi connectivity index (χ3v) is 6.75. The van der Waals surface area contributed by atoms with Crippen LogP contribution in [0.1, 0.15) is 64.0 Å². The van der Waals surface area contributed by atoms with Gasteiger partial charge in [-0.05, 0) is 55.3 Å². The van der Waals surface area contributed by atoms with Gasteiger partial charge in [0, 0.05) is 23.1 Å². The monoisotopic (exact) mass is 598 g/mol. The van der Waals surface area contributed by atoms with Crippen molar-refractivity contribution in [2.24, 2.45) is 0 Å². The van der Waals surface area contributed by atoms with Gasteiger partial charge in [-0.15, -0.1) is 0 Å². The normalized spacial score (nSPS) is 16.0. The first-order valence-electron chi connectivity index (χ1n) is 12.4. The molecule has 1 aliphatic heterocycles. The van der Waals surface area contributed by atoms with Crippen LogP contribution < -0.4 is 10.6 Å². The van der Waals surface area contributed by atoms with E-state index in [4.69, 9.17) is 16.3 Å². The minimum Gasteiger partial charge on any atom is -0.379 e. The van der Waals surface area contributed by atoms with Crippen molar-refractivity contribution in [1.29, 1.82) is 0 Å². The number of rotatable bonds is 8. The molecule has 1 aliphatic rings. The fraction of sp³-hybridized carbons (Fsp3) is 0.333. The van der Waals surface area contributed by atoms with Crippen molar-refractivity contribution in [3.8, 4) is 0 Å². The highest BCUT2D eigenvalue weighted by Gasteiger charge is 2.33. The Morgan fingerprint density at radius 2 is 1.85 bits per heavy atom. The van der Waals surface area contributed by atoms with Gasteiger partial charge in [0.2, 0.25) is 5.82 Å². The number of halogens is 6. The average molecular weight is 599 g/mol. The molecule has 4 rings (SSSR count). The van der Waals surface area contributed by atoms with E-state index < -0.39 is 59.0 Å². The third-order valence-electron chi connectivity index (χ3n) is 6.41. The lowest BCUT2D eigenvalue weighted by Crippen LogP contribution is -2.37. The predicted octanol–water partition coefficient (Wildman–Crippen LogP) is 5.35. The Labute approximate surface area is 235 Å². The molecular formula is C27H24ClF5N4O4. The Bertz CT molecular complexity index is 1500. The molecule has 3 aromatic rings. The molecule has 0 aliphatic carbocycles. The Balaban J connectivity index is 1.84. The number of ether oxygens (including phenoxy) is 1. The summed E-state index contributed by atoms with van der Waals surface area (Å²) in [6.45, 7) is 3.08. The summed E-state index contributed by atoms with van der Waals surface area (Å²) in [6.07, 6.45) is -4.41. The molecule has 0 saturated carbocycles. The van der Waals surface area contributed by atoms with E-state index in [1.54, 1.807) is 6.92 Å². The van der Waals surface area contributed by atoms with Crippen LogP contribution in [0.2, 0.25) is 5.02 Å². The van der Waals surface area contributed by atoms with Crippen molar-refractivity contribution in [3.05, 3.63) is 81.3 Å². The molecule has 2 amide bonds. The van der Waals surface area contributed by atoms with Crippen molar-refractivity contribution in [1.82, 2.24) is 14.9 Å². The van der Waals surface area contributed by atoms with Crippen LogP contribution in [0, 0.1) is 11.6 Å². The molecule has 1 saturated heterocycles. The Hall–Kier alpha value is -3.84. The van der Waals surface area contributed by atoms with Crippen LogP contribution in [0.25, 0.3) is 0 Å². The minimum absolute atomic E-state index is 0.0429. The molecule has 2 N–H and O–H groups in total. The number of aromatic nitrogens is 2. The van der Waals surface area contributed by atoms with Gasteiger partial charge in [-0.2, -0.15) is 13.2 Å². The molecule has 8 nitrogen and oxygen atoms in total. The van der Waals surface area contributed by atoms with Crippen LogP contribution in [0.15, 0.2) is 36.4 Å². The maximum absolute atomic E-state index is 14.2. The number of nitrogens with one attached hydrogen (secondary N) is 2. The van der Waals surface area contributed by atoms with E-state index in [-0.39, 0.29) is 46.6 Å². The number of benzene rings is 2. The summed E-state index contributed by atoms with van der Waals surface area (Å²) in [5, 5.41) is 5.20. The van der Waals surface area contributed by atoms with Gasteiger partial charge >= 0.3 is 6.18 Å². The van der Waals surface area contributed by atoms with Gasteiger partial charge in [-0.25, -0.2) is 13.8 Å². The number of nitrogens with zero attached hydrogens (tertiary/aromatic N) is 2. The van der Waals surface area contributed by atoms with E-state index in [0.717, 1.165) is 12.1 Å². The van der Waals surface area contributed by atoms with E-state index in [1.165, 1.54) is 17.6 Å². The molecule has 2 aromatic carbocycles. The molecule has 41 heavy (non-hydrogen) atoms. The van der Waals surface area contributed by atoms with Crippen LogP contribution in [0.3, 0.4) is 0 Å². The molecule has 14 heteroatoms. The Morgan fingerprint density at radius 3 is 2.49 bits per heavy atom. The number of anilines is 1. The first-order chi connectivity index (χ1) is 19.2. The molecule has 2 heterocycles. The highest BCUT2D eigenvalue weighted by atomic mass is 35.5. The van der Waals surface area contributed by atoms with Gasteiger partial charge < -0.3 is 19.9 Å². The van der Waals surface area contributed by atoms with Gasteiger partial charge in [-0.1, -0.05) is 18.5 Å². The number of Topliss-reactive ketones (excluding diaryl/α,β-unsaturated/α-hetero) is 1. The molecule has 218 valence electrons. The van der Waals surface area contributed by atoms with E-state index in [1.807, 2.05) is 0 Å². The molecular weight excluding hydrogens is 575 g/mol. The van der Waals surface area contributed by atoms with Crippen molar-refractivity contribution in [2.45, 2.75) is 44.9 Å². The van der Waals surface area contributed by atoms with Crippen LogP contribution >= 0.6 is 11.6 Å². The van der Waals surface area contributed by atoms with Crippen molar-refractivity contribution in [2.75, 3.05) is 18.5 Å². The van der Waals surface area contributed by atoms with Gasteiger partial charge in [0.05, 0.1) is 30.5 Å². The second kappa shape index (κ2) is 12.0. The van der Waals surface area contributed by atoms with Crippen molar-refractivity contribution in [3.63, 3.8) is 0 Å². The first-order valence-corrected chi connectivity index (χ1v) is 12.7. The number of amides is 2. The Morgan fingerprint density at radius 1 is 1.12 bits per heavy atom. The zero-order valence-electron chi connectivity index (χ0n) is 21.7. The average Bonchev–Trinajstić information content (AvgIpc) is 3.51. The third kappa shape index (κ3) is 6.91. The fourth-order valence-corrected chi connectivity index (χ4v) is 4.79. The standard InChI is InChI=1S/C27H24ClF5N4O4/c1-13(38)11-37-22(14(2)20-10-17(29)3-4-21(20)28)23(35-24(37)26(40)34-19-5-6-41-12-19)36-25(39)15-7-16(27(31,32)33)9-18(30)8-15/h3-4,7-10,14,19H,5-6,11-12H2,1-2H3,(H,34,40)(H,36,39)/t14-,19-/m0/s1. The SMILES string of the molecule is CC(=O)Cn1c(C(=O)N[C@H]2CCOC2)nc(NC(=O)c2cc(F)cc(C(F)(F)F)c2)c1[C@@H](C)c1cc(F)ccc1Cl. The zero-order chi connectivity index (χ0) is 30.1. The number of carbonyl (C=O) groups is 3. The van der Waals surface area contributed by atoms with E-state index in [0.29, 0.717) is 25.2 Å². The summed E-state index contributed by atoms with van der Waals surface area (Å²) in [6, 6.07) is 4.51. The first kappa shape index (κ1) is 30.1. The quantitative estimate of drug-likeness (QED) is 0.341. The number of imidazole rings is 1. The summed E-state index contributed by atoms with van der Waals surface area (Å²) in [5.41, 5.74) is -1.80. The van der Waals surface area contributed by atoms with Gasteiger partial charge in [0.15, 0.2) is 5.82 Å². The highest BCUT2D eigenvalue weighted by Crippen LogP contribution is 2.36. The molecule has 0 unspecified atom stereocenters. The van der Waals surface area contributed by atoms with Crippen LogP contribution in [0.4, 0.5) is 27.8 Å². The second-order valence-corrected chi connectivity index (χ2v) is 9.97. The van der Waals surface area contributed by atoms with Crippen molar-refractivity contribution >= 4 is 35.0 Å². The van der Waals surface area contributed by atoms with Crippen LogP contribution in [-0.4, -0.2) is 46.4 Å². The van der Waals surface area contributed by atoms with Crippen LogP contribution in [-0.2, 0) is 22.3 Å². The number of hydrogen-bond donors (Lipinski definition) is 2. The Kier molecular flexibility index (Phi) is 8.78. The number of alkyl halides is 3. The summed E-state index contributed by atoms with van der Waals surface area (Å²) in [7, 11) is 0. The summed E-state index contributed by atoms with van der Waals surface area (Å²) in [4.78, 5) is 42.9. The fourth-order valence-electron chi connectivity index (χ4n) is 4.51. The number of hydrogen-bond acceptors (Lipinski definition) is 5. The summed E-state index contributed by atoms with van der Waals surface area (Å²) < 4.78 is 74.5.